The molecule has 0 aliphatic heterocycles. The van der Waals surface area contributed by atoms with E-state index >= 15 is 0 Å². The van der Waals surface area contributed by atoms with Gasteiger partial charge in [0.25, 0.3) is 0 Å². The lowest BCUT2D eigenvalue weighted by atomic mass is 9.86. The van der Waals surface area contributed by atoms with E-state index in [1.807, 2.05) is 12.4 Å². The van der Waals surface area contributed by atoms with Crippen molar-refractivity contribution in [3.63, 3.8) is 0 Å². The van der Waals surface area contributed by atoms with Crippen molar-refractivity contribution in [2.24, 2.45) is 0 Å². The molecular formula is C19H24N2O. The molecule has 22 heavy (non-hydrogen) atoms. The Labute approximate surface area is 132 Å². The molecule has 1 aliphatic rings. The second-order valence-electron chi connectivity index (χ2n) is 6.01. The van der Waals surface area contributed by atoms with Crippen molar-refractivity contribution in [1.82, 2.24) is 9.88 Å². The fraction of sp³-hybridized carbons (Fsp3) is 0.421. The summed E-state index contributed by atoms with van der Waals surface area (Å²) in [6.45, 7) is 2.10. The first-order chi connectivity index (χ1) is 10.9. The molecule has 0 spiro atoms. The van der Waals surface area contributed by atoms with Gasteiger partial charge >= 0.3 is 0 Å². The van der Waals surface area contributed by atoms with E-state index in [4.69, 9.17) is 0 Å². The minimum absolute atomic E-state index is 0.251. The van der Waals surface area contributed by atoms with Gasteiger partial charge in [-0.3, -0.25) is 9.88 Å². The van der Waals surface area contributed by atoms with Crippen molar-refractivity contribution < 1.29 is 5.11 Å². The second kappa shape index (κ2) is 7.52. The van der Waals surface area contributed by atoms with E-state index in [0.717, 1.165) is 19.5 Å². The summed E-state index contributed by atoms with van der Waals surface area (Å²) >= 11 is 0. The summed E-state index contributed by atoms with van der Waals surface area (Å²) < 4.78 is 0. The number of pyridine rings is 1. The lowest BCUT2D eigenvalue weighted by Gasteiger charge is -2.36. The number of aryl methyl sites for hydroxylation is 1. The number of nitrogens with zero attached hydrogens (tertiary/aromatic N) is 2. The molecule has 3 rings (SSSR count). The Kier molecular flexibility index (Phi) is 5.20. The Hall–Kier alpha value is -1.71. The van der Waals surface area contributed by atoms with Crippen molar-refractivity contribution in [2.45, 2.75) is 38.3 Å². The van der Waals surface area contributed by atoms with Gasteiger partial charge in [0.05, 0.1) is 0 Å². The third kappa shape index (κ3) is 3.54. The molecule has 1 aromatic carbocycles. The number of benzene rings is 1. The van der Waals surface area contributed by atoms with Crippen LogP contribution in [0.3, 0.4) is 0 Å². The SMILES string of the molecule is OCCCN(Cc1ccncc1)[C@H]1CCCc2ccccc21. The van der Waals surface area contributed by atoms with Gasteiger partial charge in [0.2, 0.25) is 0 Å². The molecular weight excluding hydrogens is 272 g/mol. The highest BCUT2D eigenvalue weighted by molar-refractivity contribution is 5.32. The van der Waals surface area contributed by atoms with Crippen LogP contribution in [0.4, 0.5) is 0 Å². The van der Waals surface area contributed by atoms with Gasteiger partial charge in [-0.25, -0.2) is 0 Å². The Morgan fingerprint density at radius 3 is 2.77 bits per heavy atom. The standard InChI is InChI=1S/C19H24N2O/c22-14-4-13-21(15-16-9-11-20-12-10-16)19-8-3-6-17-5-1-2-7-18(17)19/h1-2,5,7,9-12,19,22H,3-4,6,8,13-15H2/t19-/m0/s1. The van der Waals surface area contributed by atoms with Crippen molar-refractivity contribution in [1.29, 1.82) is 0 Å². The minimum Gasteiger partial charge on any atom is -0.396 e. The van der Waals surface area contributed by atoms with Crippen LogP contribution in [-0.4, -0.2) is 28.1 Å². The van der Waals surface area contributed by atoms with Crippen LogP contribution in [0.1, 0.15) is 42.0 Å². The number of aliphatic hydroxyl groups is 1. The van der Waals surface area contributed by atoms with Crippen molar-refractivity contribution in [3.05, 3.63) is 65.5 Å². The van der Waals surface area contributed by atoms with Crippen LogP contribution in [0, 0.1) is 0 Å². The lowest BCUT2D eigenvalue weighted by molar-refractivity contribution is 0.152. The molecule has 1 aliphatic carbocycles. The molecule has 0 radical (unpaired) electrons. The Morgan fingerprint density at radius 2 is 1.95 bits per heavy atom. The van der Waals surface area contributed by atoms with Gasteiger partial charge in [-0.2, -0.15) is 0 Å². The maximum atomic E-state index is 9.24. The maximum Gasteiger partial charge on any atom is 0.0443 e. The van der Waals surface area contributed by atoms with Gasteiger partial charge in [-0.1, -0.05) is 24.3 Å². The number of rotatable bonds is 6. The van der Waals surface area contributed by atoms with E-state index in [1.54, 1.807) is 0 Å². The predicted octanol–water partition coefficient (Wildman–Crippen LogP) is 3.34. The third-order valence-corrected chi connectivity index (χ3v) is 4.52. The van der Waals surface area contributed by atoms with Gasteiger partial charge in [0.1, 0.15) is 0 Å². The predicted molar refractivity (Wildman–Crippen MR) is 88.5 cm³/mol. The second-order valence-corrected chi connectivity index (χ2v) is 6.01. The average Bonchev–Trinajstić information content (AvgIpc) is 2.59. The summed E-state index contributed by atoms with van der Waals surface area (Å²) in [7, 11) is 0. The zero-order chi connectivity index (χ0) is 15.2. The number of hydrogen-bond acceptors (Lipinski definition) is 3. The van der Waals surface area contributed by atoms with Gasteiger partial charge in [0, 0.05) is 38.1 Å². The van der Waals surface area contributed by atoms with Crippen LogP contribution < -0.4 is 0 Å². The van der Waals surface area contributed by atoms with Crippen LogP contribution in [0.15, 0.2) is 48.8 Å². The zero-order valence-electron chi connectivity index (χ0n) is 13.0. The first kappa shape index (κ1) is 15.2. The summed E-state index contributed by atoms with van der Waals surface area (Å²) in [6.07, 6.45) is 8.17. The molecule has 116 valence electrons. The van der Waals surface area contributed by atoms with Crippen LogP contribution in [0.2, 0.25) is 0 Å². The summed E-state index contributed by atoms with van der Waals surface area (Å²) in [6, 6.07) is 13.5. The maximum absolute atomic E-state index is 9.24. The molecule has 1 atom stereocenters. The Morgan fingerprint density at radius 1 is 1.14 bits per heavy atom. The van der Waals surface area contributed by atoms with E-state index in [1.165, 1.54) is 36.0 Å². The van der Waals surface area contributed by atoms with E-state index in [2.05, 4.69) is 46.3 Å². The average molecular weight is 296 g/mol. The molecule has 0 fully saturated rings. The van der Waals surface area contributed by atoms with Gasteiger partial charge in [0.15, 0.2) is 0 Å². The largest absolute Gasteiger partial charge is 0.396 e. The Bertz CT molecular complexity index is 585. The first-order valence-corrected chi connectivity index (χ1v) is 8.20. The molecule has 0 unspecified atom stereocenters. The van der Waals surface area contributed by atoms with Gasteiger partial charge in [-0.05, 0) is 54.5 Å². The quantitative estimate of drug-likeness (QED) is 0.888. The van der Waals surface area contributed by atoms with Crippen LogP contribution >= 0.6 is 0 Å². The summed E-state index contributed by atoms with van der Waals surface area (Å²) in [5.74, 6) is 0. The summed E-state index contributed by atoms with van der Waals surface area (Å²) in [4.78, 5) is 6.62. The highest BCUT2D eigenvalue weighted by atomic mass is 16.3. The van der Waals surface area contributed by atoms with Crippen LogP contribution in [0.5, 0.6) is 0 Å². The normalized spacial score (nSPS) is 17.5. The van der Waals surface area contributed by atoms with E-state index < -0.39 is 0 Å². The highest BCUT2D eigenvalue weighted by Gasteiger charge is 2.25. The fourth-order valence-electron chi connectivity index (χ4n) is 3.45. The topological polar surface area (TPSA) is 36.4 Å². The van der Waals surface area contributed by atoms with E-state index in [9.17, 15) is 5.11 Å². The Balaban J connectivity index is 1.83. The molecule has 1 N–H and O–H groups in total. The van der Waals surface area contributed by atoms with Crippen LogP contribution in [0.25, 0.3) is 0 Å². The van der Waals surface area contributed by atoms with Gasteiger partial charge in [-0.15, -0.1) is 0 Å². The van der Waals surface area contributed by atoms with Crippen LogP contribution in [-0.2, 0) is 13.0 Å². The van der Waals surface area contributed by atoms with E-state index in [-0.39, 0.29) is 6.61 Å². The summed E-state index contributed by atoms with van der Waals surface area (Å²) in [5.41, 5.74) is 4.25. The number of aliphatic hydroxyl groups excluding tert-OH is 1. The number of hydrogen-bond donors (Lipinski definition) is 1. The van der Waals surface area contributed by atoms with Crippen molar-refractivity contribution >= 4 is 0 Å². The molecule has 0 saturated carbocycles. The van der Waals surface area contributed by atoms with E-state index in [0.29, 0.717) is 6.04 Å². The monoisotopic (exact) mass is 296 g/mol. The molecule has 2 aromatic rings. The molecule has 1 aromatic heterocycles. The summed E-state index contributed by atoms with van der Waals surface area (Å²) in [5, 5.41) is 9.24. The number of aromatic nitrogens is 1. The molecule has 3 heteroatoms. The first-order valence-electron chi connectivity index (χ1n) is 8.20. The molecule has 0 amide bonds. The van der Waals surface area contributed by atoms with Crippen molar-refractivity contribution in [3.8, 4) is 0 Å². The molecule has 3 nitrogen and oxygen atoms in total. The zero-order valence-corrected chi connectivity index (χ0v) is 13.0. The van der Waals surface area contributed by atoms with Gasteiger partial charge < -0.3 is 5.11 Å². The molecule has 1 heterocycles. The van der Waals surface area contributed by atoms with Crippen molar-refractivity contribution in [2.75, 3.05) is 13.2 Å². The molecule has 0 bridgehead atoms. The smallest absolute Gasteiger partial charge is 0.0443 e. The minimum atomic E-state index is 0.251. The fourth-order valence-corrected chi connectivity index (χ4v) is 3.45. The lowest BCUT2D eigenvalue weighted by Crippen LogP contribution is -2.32. The third-order valence-electron chi connectivity index (χ3n) is 4.52. The molecule has 0 saturated heterocycles. The number of fused-ring (bicyclic) bond motifs is 1. The highest BCUT2D eigenvalue weighted by Crippen LogP contribution is 2.35.